The number of nitrogens with two attached hydrogens (primary N) is 2. The van der Waals surface area contributed by atoms with Gasteiger partial charge in [0.15, 0.2) is 11.5 Å². The number of amides is 2. The lowest BCUT2D eigenvalue weighted by Gasteiger charge is -2.11. The summed E-state index contributed by atoms with van der Waals surface area (Å²) in [5.41, 5.74) is 12.8. The second-order valence-electron chi connectivity index (χ2n) is 6.80. The first-order valence-electron chi connectivity index (χ1n) is 9.35. The Bertz CT molecular complexity index is 1340. The smallest absolute Gasteiger partial charge is 0.423 e. The average Bonchev–Trinajstić information content (AvgIpc) is 3.21. The van der Waals surface area contributed by atoms with Gasteiger partial charge in [-0.05, 0) is 23.2 Å². The van der Waals surface area contributed by atoms with Crippen molar-refractivity contribution in [3.8, 4) is 11.5 Å². The second kappa shape index (κ2) is 8.41. The van der Waals surface area contributed by atoms with Gasteiger partial charge in [0.1, 0.15) is 11.5 Å². The molecule has 4 rings (SSSR count). The summed E-state index contributed by atoms with van der Waals surface area (Å²) in [7, 11) is -1.60. The fourth-order valence-electron chi connectivity index (χ4n) is 3.12. The predicted molar refractivity (Wildman–Crippen MR) is 115 cm³/mol. The zero-order valence-corrected chi connectivity index (χ0v) is 16.5. The molecule has 4 aromatic rings. The van der Waals surface area contributed by atoms with Crippen LogP contribution >= 0.6 is 0 Å². The van der Waals surface area contributed by atoms with Crippen LogP contribution in [0, 0.1) is 0 Å². The highest BCUT2D eigenvalue weighted by atomic mass is 16.4. The molecule has 0 spiro atoms. The van der Waals surface area contributed by atoms with Gasteiger partial charge in [0, 0.05) is 12.7 Å². The van der Waals surface area contributed by atoms with E-state index in [0.717, 1.165) is 0 Å². The van der Waals surface area contributed by atoms with Gasteiger partial charge in [-0.15, -0.1) is 5.10 Å². The van der Waals surface area contributed by atoms with Crippen molar-refractivity contribution in [2.45, 2.75) is 6.54 Å². The fraction of sp³-hybridized carbons (Fsp3) is 0.0526. The molecular formula is C19H17BN8O4. The van der Waals surface area contributed by atoms with Crippen LogP contribution in [0.1, 0.15) is 26.4 Å². The number of pyridine rings is 1. The van der Waals surface area contributed by atoms with E-state index in [9.17, 15) is 19.6 Å². The Kier molecular flexibility index (Phi) is 5.49. The quantitative estimate of drug-likeness (QED) is 0.220. The van der Waals surface area contributed by atoms with Gasteiger partial charge in [-0.25, -0.2) is 14.5 Å². The van der Waals surface area contributed by atoms with Crippen LogP contribution < -0.4 is 22.2 Å². The van der Waals surface area contributed by atoms with Gasteiger partial charge in [0.2, 0.25) is 0 Å². The highest BCUT2D eigenvalue weighted by Gasteiger charge is 2.19. The summed E-state index contributed by atoms with van der Waals surface area (Å²) < 4.78 is 1.28. The number of carbonyl (C=O) groups is 2. The molecule has 0 radical (unpaired) electrons. The third-order valence-electron chi connectivity index (χ3n) is 4.67. The fourth-order valence-corrected chi connectivity index (χ4v) is 3.12. The molecule has 0 bridgehead atoms. The molecule has 3 heterocycles. The van der Waals surface area contributed by atoms with E-state index < -0.39 is 18.9 Å². The molecule has 0 fully saturated rings. The van der Waals surface area contributed by atoms with E-state index in [2.05, 4.69) is 25.6 Å². The highest BCUT2D eigenvalue weighted by Crippen LogP contribution is 2.22. The maximum atomic E-state index is 11.9. The van der Waals surface area contributed by atoms with Gasteiger partial charge < -0.3 is 26.8 Å². The summed E-state index contributed by atoms with van der Waals surface area (Å²) in [6.07, 6.45) is 1.27. The van der Waals surface area contributed by atoms with Crippen LogP contribution in [0.25, 0.3) is 17.0 Å². The number of hydrogen-bond acceptors (Lipinski definition) is 9. The Balaban J connectivity index is 1.71. The van der Waals surface area contributed by atoms with Crippen molar-refractivity contribution in [2.24, 2.45) is 11.5 Å². The van der Waals surface area contributed by atoms with Gasteiger partial charge in [-0.2, -0.15) is 0 Å². The Morgan fingerprint density at radius 3 is 2.59 bits per heavy atom. The monoisotopic (exact) mass is 432 g/mol. The van der Waals surface area contributed by atoms with E-state index in [1.165, 1.54) is 16.8 Å². The van der Waals surface area contributed by atoms with Crippen LogP contribution in [-0.4, -0.2) is 53.8 Å². The molecule has 32 heavy (non-hydrogen) atoms. The number of hydrogen-bond donors (Lipinski definition) is 5. The van der Waals surface area contributed by atoms with Crippen molar-refractivity contribution in [3.63, 3.8) is 0 Å². The summed E-state index contributed by atoms with van der Waals surface area (Å²) >= 11 is 0. The van der Waals surface area contributed by atoms with Crippen LogP contribution in [-0.2, 0) is 6.54 Å². The summed E-state index contributed by atoms with van der Waals surface area (Å²) in [6, 6.07) is 11.4. The lowest BCUT2D eigenvalue weighted by atomic mass is 9.80. The van der Waals surface area contributed by atoms with E-state index in [1.54, 1.807) is 36.4 Å². The molecule has 0 saturated carbocycles. The SMILES string of the molecule is NC(=O)c1cnc(-c2nnn3c(C(N)=O)cccc23)nc1NCc1cccc(B(O)O)c1. The molecule has 3 aromatic heterocycles. The summed E-state index contributed by atoms with van der Waals surface area (Å²) in [5, 5.41) is 29.7. The largest absolute Gasteiger partial charge is 0.488 e. The highest BCUT2D eigenvalue weighted by molar-refractivity contribution is 6.58. The number of fused-ring (bicyclic) bond motifs is 1. The van der Waals surface area contributed by atoms with E-state index in [0.29, 0.717) is 16.5 Å². The van der Waals surface area contributed by atoms with Crippen molar-refractivity contribution in [3.05, 3.63) is 65.5 Å². The Labute approximate surface area is 181 Å². The summed E-state index contributed by atoms with van der Waals surface area (Å²) in [6.45, 7) is 0.214. The first-order valence-corrected chi connectivity index (χ1v) is 9.35. The zero-order valence-electron chi connectivity index (χ0n) is 16.5. The molecule has 7 N–H and O–H groups in total. The standard InChI is InChI=1S/C19H17BN8O4/c21-16(29)12-9-24-19(15-13-5-2-6-14(17(22)30)28(13)27-26-15)25-18(12)23-8-10-3-1-4-11(7-10)20(31)32/h1-7,9,31-32H,8H2,(H2,21,29)(H2,22,30)(H,23,24,25). The predicted octanol–water partition coefficient (Wildman–Crippen LogP) is -1.32. The van der Waals surface area contributed by atoms with Crippen LogP contribution in [0.5, 0.6) is 0 Å². The molecular weight excluding hydrogens is 415 g/mol. The number of primary amides is 2. The first-order chi connectivity index (χ1) is 15.3. The minimum absolute atomic E-state index is 0.0568. The van der Waals surface area contributed by atoms with Gasteiger partial charge in [0.05, 0.1) is 11.1 Å². The second-order valence-corrected chi connectivity index (χ2v) is 6.80. The zero-order chi connectivity index (χ0) is 22.8. The van der Waals surface area contributed by atoms with E-state index in [-0.39, 0.29) is 35.1 Å². The summed E-state index contributed by atoms with van der Waals surface area (Å²) in [5.74, 6) is -1.10. The minimum Gasteiger partial charge on any atom is -0.423 e. The van der Waals surface area contributed by atoms with E-state index in [1.807, 2.05) is 0 Å². The number of rotatable bonds is 7. The van der Waals surface area contributed by atoms with Crippen molar-refractivity contribution in [1.29, 1.82) is 0 Å². The van der Waals surface area contributed by atoms with Crippen molar-refractivity contribution < 1.29 is 19.6 Å². The van der Waals surface area contributed by atoms with Gasteiger partial charge in [0.25, 0.3) is 11.8 Å². The number of carbonyl (C=O) groups excluding carboxylic acids is 2. The van der Waals surface area contributed by atoms with E-state index in [4.69, 9.17) is 11.5 Å². The molecule has 0 unspecified atom stereocenters. The Morgan fingerprint density at radius 1 is 1.09 bits per heavy atom. The average molecular weight is 432 g/mol. The first kappa shape index (κ1) is 20.9. The normalized spacial score (nSPS) is 10.8. The molecule has 12 nitrogen and oxygen atoms in total. The number of anilines is 1. The maximum Gasteiger partial charge on any atom is 0.488 e. The third-order valence-corrected chi connectivity index (χ3v) is 4.67. The number of benzene rings is 1. The van der Waals surface area contributed by atoms with Crippen LogP contribution in [0.4, 0.5) is 5.82 Å². The molecule has 0 aliphatic heterocycles. The molecule has 1 aromatic carbocycles. The molecule has 0 aliphatic rings. The van der Waals surface area contributed by atoms with Gasteiger partial charge in [-0.1, -0.05) is 35.5 Å². The van der Waals surface area contributed by atoms with Crippen LogP contribution in [0.3, 0.4) is 0 Å². The van der Waals surface area contributed by atoms with Crippen LogP contribution in [0.15, 0.2) is 48.7 Å². The molecule has 0 saturated heterocycles. The third kappa shape index (κ3) is 3.97. The minimum atomic E-state index is -1.60. The lowest BCUT2D eigenvalue weighted by Crippen LogP contribution is -2.30. The number of aromatic nitrogens is 5. The van der Waals surface area contributed by atoms with Crippen molar-refractivity contribution in [2.75, 3.05) is 5.32 Å². The lowest BCUT2D eigenvalue weighted by molar-refractivity contribution is 0.0987. The van der Waals surface area contributed by atoms with Crippen molar-refractivity contribution >= 4 is 35.7 Å². The summed E-state index contributed by atoms with van der Waals surface area (Å²) in [4.78, 5) is 32.0. The number of nitrogens with zero attached hydrogens (tertiary/aromatic N) is 5. The number of nitrogens with one attached hydrogen (secondary N) is 1. The van der Waals surface area contributed by atoms with E-state index >= 15 is 0 Å². The maximum absolute atomic E-state index is 11.9. The van der Waals surface area contributed by atoms with Gasteiger partial charge >= 0.3 is 7.12 Å². The molecule has 160 valence electrons. The topological polar surface area (TPSA) is 195 Å². The Morgan fingerprint density at radius 2 is 1.88 bits per heavy atom. The molecule has 2 amide bonds. The molecule has 0 aliphatic carbocycles. The molecule has 13 heteroatoms. The van der Waals surface area contributed by atoms with Gasteiger partial charge in [-0.3, -0.25) is 9.59 Å². The Hall–Kier alpha value is -4.36. The van der Waals surface area contributed by atoms with Crippen LogP contribution in [0.2, 0.25) is 0 Å². The van der Waals surface area contributed by atoms with Crippen molar-refractivity contribution in [1.82, 2.24) is 24.8 Å². The molecule has 0 atom stereocenters.